The first kappa shape index (κ1) is 18.9. The molecule has 2 aromatic heterocycles. The number of nitrogens with one attached hydrogen (secondary N) is 1. The Labute approximate surface area is 171 Å². The van der Waals surface area contributed by atoms with Gasteiger partial charge < -0.3 is 5.32 Å². The molecule has 144 valence electrons. The number of carbonyl (C=O) groups excluding carboxylic acids is 1. The number of para-hydroxylation sites is 2. The minimum absolute atomic E-state index is 0.134. The maximum Gasteiger partial charge on any atom is 0.262 e. The Balaban J connectivity index is 1.62. The van der Waals surface area contributed by atoms with Gasteiger partial charge in [0, 0.05) is 18.1 Å². The molecule has 2 heterocycles. The largest absolute Gasteiger partial charge is 0.325 e. The van der Waals surface area contributed by atoms with Gasteiger partial charge in [0.1, 0.15) is 0 Å². The van der Waals surface area contributed by atoms with E-state index >= 15 is 0 Å². The highest BCUT2D eigenvalue weighted by molar-refractivity contribution is 7.99. The molecular formula is C22H18N4O2S. The second-order valence-electron chi connectivity index (χ2n) is 6.37. The van der Waals surface area contributed by atoms with Gasteiger partial charge >= 0.3 is 0 Å². The van der Waals surface area contributed by atoms with Crippen LogP contribution in [0.4, 0.5) is 5.69 Å². The number of thioether (sulfide) groups is 1. The molecular weight excluding hydrogens is 384 g/mol. The number of benzene rings is 2. The van der Waals surface area contributed by atoms with Crippen LogP contribution in [-0.4, -0.2) is 26.2 Å². The zero-order valence-electron chi connectivity index (χ0n) is 15.5. The number of anilines is 1. The Kier molecular flexibility index (Phi) is 5.67. The predicted molar refractivity (Wildman–Crippen MR) is 115 cm³/mol. The van der Waals surface area contributed by atoms with Gasteiger partial charge in [-0.2, -0.15) is 0 Å². The van der Waals surface area contributed by atoms with Gasteiger partial charge in [-0.25, -0.2) is 4.98 Å². The van der Waals surface area contributed by atoms with Crippen LogP contribution in [0.3, 0.4) is 0 Å². The number of hydrogen-bond donors (Lipinski definition) is 1. The molecule has 0 aliphatic carbocycles. The normalized spacial score (nSPS) is 10.8. The molecule has 0 fully saturated rings. The molecule has 1 N–H and O–H groups in total. The van der Waals surface area contributed by atoms with Crippen LogP contribution in [0.25, 0.3) is 10.9 Å². The molecule has 4 aromatic rings. The van der Waals surface area contributed by atoms with Crippen LogP contribution in [0.15, 0.2) is 89.1 Å². The summed E-state index contributed by atoms with van der Waals surface area (Å²) in [7, 11) is 0. The van der Waals surface area contributed by atoms with Crippen molar-refractivity contribution in [2.45, 2.75) is 11.7 Å². The summed E-state index contributed by atoms with van der Waals surface area (Å²) in [6, 6.07) is 20.2. The topological polar surface area (TPSA) is 76.9 Å². The summed E-state index contributed by atoms with van der Waals surface area (Å²) in [5.74, 6) is -0.0104. The second-order valence-corrected chi connectivity index (χ2v) is 7.31. The zero-order chi connectivity index (χ0) is 20.1. The third kappa shape index (κ3) is 4.52. The lowest BCUT2D eigenvalue weighted by molar-refractivity contribution is -0.113. The van der Waals surface area contributed by atoms with Crippen LogP contribution in [0.1, 0.15) is 5.56 Å². The Morgan fingerprint density at radius 3 is 2.59 bits per heavy atom. The average molecular weight is 402 g/mol. The van der Waals surface area contributed by atoms with E-state index in [4.69, 9.17) is 0 Å². The van der Waals surface area contributed by atoms with Crippen LogP contribution in [0, 0.1) is 0 Å². The second kappa shape index (κ2) is 8.70. The monoisotopic (exact) mass is 402 g/mol. The number of nitrogens with zero attached hydrogens (tertiary/aromatic N) is 3. The highest BCUT2D eigenvalue weighted by atomic mass is 32.2. The predicted octanol–water partition coefficient (Wildman–Crippen LogP) is 3.57. The van der Waals surface area contributed by atoms with Crippen molar-refractivity contribution in [2.75, 3.05) is 11.1 Å². The van der Waals surface area contributed by atoms with Crippen molar-refractivity contribution in [1.29, 1.82) is 0 Å². The van der Waals surface area contributed by atoms with Gasteiger partial charge in [-0.15, -0.1) is 0 Å². The van der Waals surface area contributed by atoms with Gasteiger partial charge in [-0.3, -0.25) is 19.1 Å². The molecule has 7 heteroatoms. The number of amides is 1. The van der Waals surface area contributed by atoms with Crippen LogP contribution in [-0.2, 0) is 11.3 Å². The summed E-state index contributed by atoms with van der Waals surface area (Å²) >= 11 is 1.24. The SMILES string of the molecule is O=C(CSc1nc2ccccc2c(=O)n1Cc1cccnc1)Nc1ccccc1. The van der Waals surface area contributed by atoms with Gasteiger partial charge in [0.2, 0.25) is 5.91 Å². The van der Waals surface area contributed by atoms with Crippen molar-refractivity contribution in [3.05, 3.63) is 95.0 Å². The summed E-state index contributed by atoms with van der Waals surface area (Å²) < 4.78 is 1.60. The quantitative estimate of drug-likeness (QED) is 0.394. The molecule has 0 atom stereocenters. The lowest BCUT2D eigenvalue weighted by Crippen LogP contribution is -2.25. The van der Waals surface area contributed by atoms with Gasteiger partial charge in [0.05, 0.1) is 23.2 Å². The van der Waals surface area contributed by atoms with Gasteiger partial charge in [-0.1, -0.05) is 48.2 Å². The molecule has 0 saturated carbocycles. The third-order valence-electron chi connectivity index (χ3n) is 4.28. The molecule has 4 rings (SSSR count). The average Bonchev–Trinajstić information content (AvgIpc) is 2.76. The highest BCUT2D eigenvalue weighted by Crippen LogP contribution is 2.19. The molecule has 0 spiro atoms. The van der Waals surface area contributed by atoms with Crippen molar-refractivity contribution in [3.8, 4) is 0 Å². The molecule has 0 aliphatic rings. The Hall–Kier alpha value is -3.45. The molecule has 0 aliphatic heterocycles. The van der Waals surface area contributed by atoms with E-state index in [1.165, 1.54) is 11.8 Å². The van der Waals surface area contributed by atoms with Crippen molar-refractivity contribution in [3.63, 3.8) is 0 Å². The van der Waals surface area contributed by atoms with Crippen LogP contribution >= 0.6 is 11.8 Å². The van der Waals surface area contributed by atoms with E-state index in [1.807, 2.05) is 54.6 Å². The van der Waals surface area contributed by atoms with Gasteiger partial charge in [-0.05, 0) is 35.9 Å². The fourth-order valence-corrected chi connectivity index (χ4v) is 3.72. The first-order valence-electron chi connectivity index (χ1n) is 9.07. The van der Waals surface area contributed by atoms with Crippen LogP contribution in [0.5, 0.6) is 0 Å². The fraction of sp³-hybridized carbons (Fsp3) is 0.0909. The number of hydrogen-bond acceptors (Lipinski definition) is 5. The molecule has 29 heavy (non-hydrogen) atoms. The smallest absolute Gasteiger partial charge is 0.262 e. The number of fused-ring (bicyclic) bond motifs is 1. The molecule has 0 saturated heterocycles. The maximum atomic E-state index is 13.1. The summed E-state index contributed by atoms with van der Waals surface area (Å²) in [5, 5.41) is 3.90. The number of rotatable bonds is 6. The van der Waals surface area contributed by atoms with Crippen LogP contribution < -0.4 is 10.9 Å². The first-order valence-corrected chi connectivity index (χ1v) is 10.1. The van der Waals surface area contributed by atoms with Crippen LogP contribution in [0.2, 0.25) is 0 Å². The van der Waals surface area contributed by atoms with E-state index in [0.29, 0.717) is 22.6 Å². The highest BCUT2D eigenvalue weighted by Gasteiger charge is 2.14. The summed E-state index contributed by atoms with van der Waals surface area (Å²) in [5.41, 5.74) is 2.11. The first-order chi connectivity index (χ1) is 14.2. The Bertz CT molecular complexity index is 1190. The number of pyridine rings is 1. The lowest BCUT2D eigenvalue weighted by atomic mass is 10.2. The van der Waals surface area contributed by atoms with E-state index < -0.39 is 0 Å². The van der Waals surface area contributed by atoms with Gasteiger partial charge in [0.15, 0.2) is 5.16 Å². The summed E-state index contributed by atoms with van der Waals surface area (Å²) in [6.45, 7) is 0.340. The molecule has 2 aromatic carbocycles. The summed E-state index contributed by atoms with van der Waals surface area (Å²) in [4.78, 5) is 34.2. The van der Waals surface area contributed by atoms with E-state index in [9.17, 15) is 9.59 Å². The zero-order valence-corrected chi connectivity index (χ0v) is 16.3. The minimum Gasteiger partial charge on any atom is -0.325 e. The van der Waals surface area contributed by atoms with Crippen molar-refractivity contribution in [2.24, 2.45) is 0 Å². The third-order valence-corrected chi connectivity index (χ3v) is 5.26. The van der Waals surface area contributed by atoms with Crippen molar-refractivity contribution >= 4 is 34.3 Å². The Morgan fingerprint density at radius 2 is 1.79 bits per heavy atom. The van der Waals surface area contributed by atoms with E-state index in [2.05, 4.69) is 15.3 Å². The fourth-order valence-electron chi connectivity index (χ4n) is 2.92. The van der Waals surface area contributed by atoms with E-state index in [0.717, 1.165) is 11.3 Å². The molecule has 0 bridgehead atoms. The maximum absolute atomic E-state index is 13.1. The molecule has 0 unspecified atom stereocenters. The van der Waals surface area contributed by atoms with Crippen molar-refractivity contribution < 1.29 is 4.79 Å². The molecule has 1 amide bonds. The number of aromatic nitrogens is 3. The molecule has 0 radical (unpaired) electrons. The van der Waals surface area contributed by atoms with E-state index in [1.54, 1.807) is 29.1 Å². The standard InChI is InChI=1S/C22H18N4O2S/c27-20(24-17-8-2-1-3-9-17)15-29-22-25-19-11-5-4-10-18(19)21(28)26(22)14-16-7-6-12-23-13-16/h1-13H,14-15H2,(H,24,27). The lowest BCUT2D eigenvalue weighted by Gasteiger charge is -2.13. The van der Waals surface area contributed by atoms with Gasteiger partial charge in [0.25, 0.3) is 5.56 Å². The van der Waals surface area contributed by atoms with E-state index in [-0.39, 0.29) is 17.2 Å². The van der Waals surface area contributed by atoms with Crippen molar-refractivity contribution in [1.82, 2.24) is 14.5 Å². The number of carbonyl (C=O) groups is 1. The Morgan fingerprint density at radius 1 is 1.00 bits per heavy atom. The minimum atomic E-state index is -0.156. The molecule has 6 nitrogen and oxygen atoms in total. The summed E-state index contributed by atoms with van der Waals surface area (Å²) in [6.07, 6.45) is 3.41.